The molecule has 2 unspecified atom stereocenters. The predicted molar refractivity (Wildman–Crippen MR) is 74.3 cm³/mol. The third-order valence-corrected chi connectivity index (χ3v) is 3.90. The van der Waals surface area contributed by atoms with Gasteiger partial charge < -0.3 is 5.32 Å². The highest BCUT2D eigenvalue weighted by atomic mass is 14.9. The smallest absolute Gasteiger partial charge is 0.0211 e. The van der Waals surface area contributed by atoms with Gasteiger partial charge in [-0.3, -0.25) is 0 Å². The largest absolute Gasteiger partial charge is 0.309 e. The SMILES string of the molecule is CCC1c2ccc(C)cc2CNC1CC(C)C. The third-order valence-electron chi connectivity index (χ3n) is 3.90. The van der Waals surface area contributed by atoms with Gasteiger partial charge in [0.05, 0.1) is 0 Å². The zero-order chi connectivity index (χ0) is 12.4. The Morgan fingerprint density at radius 2 is 2.12 bits per heavy atom. The zero-order valence-electron chi connectivity index (χ0n) is 11.6. The normalized spacial score (nSPS) is 23.8. The van der Waals surface area contributed by atoms with E-state index in [1.54, 1.807) is 5.56 Å². The van der Waals surface area contributed by atoms with Gasteiger partial charge in [0.1, 0.15) is 0 Å². The van der Waals surface area contributed by atoms with Gasteiger partial charge in [-0.15, -0.1) is 0 Å². The van der Waals surface area contributed by atoms with Gasteiger partial charge in [-0.1, -0.05) is 44.5 Å². The van der Waals surface area contributed by atoms with Crippen molar-refractivity contribution in [3.63, 3.8) is 0 Å². The van der Waals surface area contributed by atoms with Crippen LogP contribution in [-0.4, -0.2) is 6.04 Å². The molecule has 0 aliphatic carbocycles. The predicted octanol–water partition coefficient (Wildman–Crippen LogP) is 4.01. The number of rotatable bonds is 3. The zero-order valence-corrected chi connectivity index (χ0v) is 11.6. The summed E-state index contributed by atoms with van der Waals surface area (Å²) >= 11 is 0. The molecule has 0 bridgehead atoms. The average Bonchev–Trinajstić information content (AvgIpc) is 2.28. The number of hydrogen-bond donors (Lipinski definition) is 1. The monoisotopic (exact) mass is 231 g/mol. The van der Waals surface area contributed by atoms with Crippen LogP contribution in [0, 0.1) is 12.8 Å². The molecule has 2 rings (SSSR count). The Morgan fingerprint density at radius 3 is 2.76 bits per heavy atom. The minimum absolute atomic E-state index is 0.662. The minimum Gasteiger partial charge on any atom is -0.309 e. The van der Waals surface area contributed by atoms with Crippen LogP contribution in [0.5, 0.6) is 0 Å². The van der Waals surface area contributed by atoms with Gasteiger partial charge in [0.2, 0.25) is 0 Å². The average molecular weight is 231 g/mol. The fourth-order valence-electron chi connectivity index (χ4n) is 3.11. The van der Waals surface area contributed by atoms with Crippen LogP contribution in [0.1, 0.15) is 56.2 Å². The molecule has 94 valence electrons. The molecule has 1 aliphatic rings. The minimum atomic E-state index is 0.662. The Balaban J connectivity index is 2.26. The summed E-state index contributed by atoms with van der Waals surface area (Å²) in [5.41, 5.74) is 4.47. The molecule has 0 amide bonds. The van der Waals surface area contributed by atoms with Crippen LogP contribution in [0.4, 0.5) is 0 Å². The molecule has 0 aromatic heterocycles. The summed E-state index contributed by atoms with van der Waals surface area (Å²) in [6.45, 7) is 10.2. The first-order valence-corrected chi connectivity index (χ1v) is 6.94. The quantitative estimate of drug-likeness (QED) is 0.829. The Kier molecular flexibility index (Phi) is 3.88. The Labute approximate surface area is 106 Å². The number of benzene rings is 1. The van der Waals surface area contributed by atoms with Crippen molar-refractivity contribution in [2.75, 3.05) is 0 Å². The maximum Gasteiger partial charge on any atom is 0.0211 e. The lowest BCUT2D eigenvalue weighted by atomic mass is 9.79. The fourth-order valence-corrected chi connectivity index (χ4v) is 3.11. The van der Waals surface area contributed by atoms with Gasteiger partial charge in [0.15, 0.2) is 0 Å². The van der Waals surface area contributed by atoms with E-state index in [9.17, 15) is 0 Å². The summed E-state index contributed by atoms with van der Waals surface area (Å²) in [7, 11) is 0. The van der Waals surface area contributed by atoms with Crippen molar-refractivity contribution in [3.8, 4) is 0 Å². The molecule has 0 fully saturated rings. The molecule has 0 saturated heterocycles. The van der Waals surface area contributed by atoms with E-state index in [4.69, 9.17) is 0 Å². The van der Waals surface area contributed by atoms with E-state index in [0.717, 1.165) is 12.5 Å². The van der Waals surface area contributed by atoms with Crippen molar-refractivity contribution in [2.24, 2.45) is 5.92 Å². The lowest BCUT2D eigenvalue weighted by Gasteiger charge is -2.35. The summed E-state index contributed by atoms with van der Waals surface area (Å²) in [5, 5.41) is 3.73. The van der Waals surface area contributed by atoms with E-state index in [-0.39, 0.29) is 0 Å². The second kappa shape index (κ2) is 5.22. The molecule has 0 spiro atoms. The highest BCUT2D eigenvalue weighted by molar-refractivity contribution is 5.37. The van der Waals surface area contributed by atoms with E-state index < -0.39 is 0 Å². The van der Waals surface area contributed by atoms with Gasteiger partial charge in [-0.25, -0.2) is 0 Å². The van der Waals surface area contributed by atoms with E-state index in [0.29, 0.717) is 12.0 Å². The summed E-state index contributed by atoms with van der Waals surface area (Å²) in [4.78, 5) is 0. The van der Waals surface area contributed by atoms with Crippen LogP contribution in [0.15, 0.2) is 18.2 Å². The molecule has 1 heteroatoms. The van der Waals surface area contributed by atoms with Gasteiger partial charge in [-0.05, 0) is 42.7 Å². The van der Waals surface area contributed by atoms with E-state index in [1.807, 2.05) is 0 Å². The van der Waals surface area contributed by atoms with E-state index in [2.05, 4.69) is 51.2 Å². The van der Waals surface area contributed by atoms with Crippen LogP contribution in [0.25, 0.3) is 0 Å². The molecule has 1 nitrogen and oxygen atoms in total. The van der Waals surface area contributed by atoms with Gasteiger partial charge >= 0.3 is 0 Å². The molecular weight excluding hydrogens is 206 g/mol. The molecule has 1 N–H and O–H groups in total. The van der Waals surface area contributed by atoms with Crippen molar-refractivity contribution >= 4 is 0 Å². The van der Waals surface area contributed by atoms with E-state index >= 15 is 0 Å². The van der Waals surface area contributed by atoms with Crippen molar-refractivity contribution in [1.29, 1.82) is 0 Å². The van der Waals surface area contributed by atoms with Crippen LogP contribution < -0.4 is 5.32 Å². The topological polar surface area (TPSA) is 12.0 Å². The van der Waals surface area contributed by atoms with Gasteiger partial charge in [-0.2, -0.15) is 0 Å². The first-order chi connectivity index (χ1) is 8.11. The van der Waals surface area contributed by atoms with Crippen molar-refractivity contribution < 1.29 is 0 Å². The molecule has 1 aromatic carbocycles. The van der Waals surface area contributed by atoms with Crippen LogP contribution in [0.2, 0.25) is 0 Å². The molecule has 0 radical (unpaired) electrons. The summed E-state index contributed by atoms with van der Waals surface area (Å²) in [5.74, 6) is 1.47. The second-order valence-electron chi connectivity index (χ2n) is 5.83. The van der Waals surface area contributed by atoms with Crippen molar-refractivity contribution in [2.45, 2.75) is 59.0 Å². The number of fused-ring (bicyclic) bond motifs is 1. The Morgan fingerprint density at radius 1 is 1.35 bits per heavy atom. The lowest BCUT2D eigenvalue weighted by Crippen LogP contribution is -2.40. The van der Waals surface area contributed by atoms with Crippen LogP contribution in [-0.2, 0) is 6.54 Å². The standard InChI is InChI=1S/C16H25N/c1-5-14-15-7-6-12(4)9-13(15)10-17-16(14)8-11(2)3/h6-7,9,11,14,16-17H,5,8,10H2,1-4H3. The summed E-state index contributed by atoms with van der Waals surface area (Å²) in [6.07, 6.45) is 2.52. The second-order valence-corrected chi connectivity index (χ2v) is 5.83. The van der Waals surface area contributed by atoms with Gasteiger partial charge in [0, 0.05) is 12.6 Å². The number of aryl methyl sites for hydroxylation is 1. The lowest BCUT2D eigenvalue weighted by molar-refractivity contribution is 0.337. The molecule has 1 aromatic rings. The maximum absolute atomic E-state index is 3.73. The molecule has 0 saturated carbocycles. The highest BCUT2D eigenvalue weighted by Crippen LogP contribution is 2.33. The van der Waals surface area contributed by atoms with Crippen LogP contribution >= 0.6 is 0 Å². The number of nitrogens with one attached hydrogen (secondary N) is 1. The van der Waals surface area contributed by atoms with Crippen LogP contribution in [0.3, 0.4) is 0 Å². The first kappa shape index (κ1) is 12.6. The maximum atomic E-state index is 3.73. The van der Waals surface area contributed by atoms with Crippen molar-refractivity contribution in [1.82, 2.24) is 5.32 Å². The van der Waals surface area contributed by atoms with E-state index in [1.165, 1.54) is 24.0 Å². The highest BCUT2D eigenvalue weighted by Gasteiger charge is 2.28. The molecular formula is C16H25N. The number of hydrogen-bond acceptors (Lipinski definition) is 1. The Hall–Kier alpha value is -0.820. The fraction of sp³-hybridized carbons (Fsp3) is 0.625. The third kappa shape index (κ3) is 2.71. The van der Waals surface area contributed by atoms with Gasteiger partial charge in [0.25, 0.3) is 0 Å². The Bertz CT molecular complexity index is 381. The van der Waals surface area contributed by atoms with Crippen molar-refractivity contribution in [3.05, 3.63) is 34.9 Å². The summed E-state index contributed by atoms with van der Waals surface area (Å²) < 4.78 is 0. The molecule has 17 heavy (non-hydrogen) atoms. The summed E-state index contributed by atoms with van der Waals surface area (Å²) in [6, 6.07) is 7.62. The molecule has 1 aliphatic heterocycles. The molecule has 1 heterocycles. The molecule has 2 atom stereocenters. The first-order valence-electron chi connectivity index (χ1n) is 6.94.